The molecule has 0 fully saturated rings. The number of nitrogens with one attached hydrogen (secondary N) is 1. The van der Waals surface area contributed by atoms with E-state index in [1.807, 2.05) is 0 Å². The Kier molecular flexibility index (Phi) is 2.17. The van der Waals surface area contributed by atoms with Gasteiger partial charge in [0.15, 0.2) is 12.1 Å². The smallest absolute Gasteiger partial charge is 0.259 e. The molecule has 0 aliphatic rings. The van der Waals surface area contributed by atoms with Crippen LogP contribution in [0.3, 0.4) is 0 Å². The minimum Gasteiger partial charge on any atom is -0.304 e. The highest BCUT2D eigenvalue weighted by Gasteiger charge is 2.02. The van der Waals surface area contributed by atoms with Crippen LogP contribution in [0.4, 0.5) is 0 Å². The van der Waals surface area contributed by atoms with Crippen molar-refractivity contribution in [1.82, 2.24) is 9.97 Å². The fourth-order valence-corrected chi connectivity index (χ4v) is 1.54. The molecule has 1 aromatic carbocycles. The van der Waals surface area contributed by atoms with Crippen LogP contribution in [0, 0.1) is 0 Å². The van der Waals surface area contributed by atoms with Crippen LogP contribution in [0.25, 0.3) is 10.9 Å². The molecule has 0 amide bonds. The van der Waals surface area contributed by atoms with E-state index in [0.29, 0.717) is 17.2 Å². The average Bonchev–Trinajstić information content (AvgIpc) is 2.16. The fourth-order valence-electron chi connectivity index (χ4n) is 1.19. The highest BCUT2D eigenvalue weighted by Crippen LogP contribution is 2.14. The molecule has 4 nitrogen and oxygen atoms in total. The molecule has 0 saturated heterocycles. The predicted octanol–water partition coefficient (Wildman–Crippen LogP) is 1.50. The summed E-state index contributed by atoms with van der Waals surface area (Å²) in [6.45, 7) is 0. The molecule has 0 atom stereocenters. The first-order valence-electron chi connectivity index (χ1n) is 3.85. The Morgan fingerprint density at radius 2 is 2.21 bits per heavy atom. The van der Waals surface area contributed by atoms with E-state index < -0.39 is 0 Å². The minimum atomic E-state index is -0.301. The van der Waals surface area contributed by atoms with Crippen molar-refractivity contribution in [1.29, 1.82) is 0 Å². The van der Waals surface area contributed by atoms with Crippen LogP contribution < -0.4 is 5.56 Å². The molecule has 0 spiro atoms. The van der Waals surface area contributed by atoms with Crippen molar-refractivity contribution in [3.8, 4) is 0 Å². The van der Waals surface area contributed by atoms with Gasteiger partial charge < -0.3 is 4.98 Å². The first-order valence-corrected chi connectivity index (χ1v) is 4.65. The van der Waals surface area contributed by atoms with Crippen LogP contribution in [0.15, 0.2) is 27.5 Å². The number of aldehydes is 1. The number of benzene rings is 1. The van der Waals surface area contributed by atoms with E-state index in [2.05, 4.69) is 25.9 Å². The first-order chi connectivity index (χ1) is 6.70. The molecule has 0 aliphatic carbocycles. The third-order valence-corrected chi connectivity index (χ3v) is 2.29. The van der Waals surface area contributed by atoms with Gasteiger partial charge in [0.05, 0.1) is 10.9 Å². The Morgan fingerprint density at radius 3 is 2.93 bits per heavy atom. The van der Waals surface area contributed by atoms with Gasteiger partial charge in [0, 0.05) is 4.47 Å². The molecule has 0 saturated carbocycles. The van der Waals surface area contributed by atoms with E-state index in [4.69, 9.17) is 0 Å². The van der Waals surface area contributed by atoms with Crippen LogP contribution in [0.2, 0.25) is 0 Å². The lowest BCUT2D eigenvalue weighted by atomic mass is 10.2. The second-order valence-electron chi connectivity index (χ2n) is 2.73. The number of hydrogen-bond acceptors (Lipinski definition) is 3. The Labute approximate surface area is 87.1 Å². The van der Waals surface area contributed by atoms with Crippen molar-refractivity contribution in [3.63, 3.8) is 0 Å². The molecular weight excluding hydrogens is 248 g/mol. The lowest BCUT2D eigenvalue weighted by molar-refractivity contribution is 0.111. The first kappa shape index (κ1) is 9.08. The summed E-state index contributed by atoms with van der Waals surface area (Å²) in [7, 11) is 0. The van der Waals surface area contributed by atoms with E-state index >= 15 is 0 Å². The number of fused-ring (bicyclic) bond motifs is 1. The number of H-pyrrole nitrogens is 1. The summed E-state index contributed by atoms with van der Waals surface area (Å²) < 4.78 is 0.819. The summed E-state index contributed by atoms with van der Waals surface area (Å²) in [6, 6.07) is 5.09. The molecule has 1 aromatic heterocycles. The Balaban J connectivity index is 2.90. The minimum absolute atomic E-state index is 0.0422. The van der Waals surface area contributed by atoms with Crippen molar-refractivity contribution >= 4 is 33.1 Å². The number of hydrogen-bond donors (Lipinski definition) is 1. The number of aromatic amines is 1. The lowest BCUT2D eigenvalue weighted by Gasteiger charge is -1.97. The molecule has 0 aliphatic heterocycles. The number of carbonyl (C=O) groups is 1. The quantitative estimate of drug-likeness (QED) is 0.783. The molecule has 2 aromatic rings. The zero-order chi connectivity index (χ0) is 10.1. The highest BCUT2D eigenvalue weighted by atomic mass is 79.9. The predicted molar refractivity (Wildman–Crippen MR) is 55.5 cm³/mol. The van der Waals surface area contributed by atoms with Gasteiger partial charge in [-0.05, 0) is 18.2 Å². The number of carbonyl (C=O) groups excluding carboxylic acids is 1. The summed E-state index contributed by atoms with van der Waals surface area (Å²) >= 11 is 3.26. The van der Waals surface area contributed by atoms with E-state index in [-0.39, 0.29) is 11.4 Å². The second kappa shape index (κ2) is 3.34. The molecule has 1 heterocycles. The van der Waals surface area contributed by atoms with Gasteiger partial charge in [0.2, 0.25) is 0 Å². The van der Waals surface area contributed by atoms with Gasteiger partial charge in [0.25, 0.3) is 5.56 Å². The monoisotopic (exact) mass is 252 g/mol. The van der Waals surface area contributed by atoms with Crippen molar-refractivity contribution in [2.75, 3.05) is 0 Å². The average molecular weight is 253 g/mol. The van der Waals surface area contributed by atoms with Crippen molar-refractivity contribution < 1.29 is 4.79 Å². The number of halogens is 1. The summed E-state index contributed by atoms with van der Waals surface area (Å²) in [6.07, 6.45) is 0.516. The maximum atomic E-state index is 11.4. The summed E-state index contributed by atoms with van der Waals surface area (Å²) in [4.78, 5) is 28.2. The van der Waals surface area contributed by atoms with Crippen LogP contribution in [0.5, 0.6) is 0 Å². The Morgan fingerprint density at radius 1 is 1.43 bits per heavy atom. The number of nitrogens with zero attached hydrogens (tertiary/aromatic N) is 1. The summed E-state index contributed by atoms with van der Waals surface area (Å²) in [5, 5.41) is 0.471. The van der Waals surface area contributed by atoms with Gasteiger partial charge in [-0.1, -0.05) is 15.9 Å². The SMILES string of the molecule is O=Cc1nc2cc(Br)ccc2c(=O)[nH]1. The van der Waals surface area contributed by atoms with Crippen LogP contribution in [-0.2, 0) is 0 Å². The summed E-state index contributed by atoms with van der Waals surface area (Å²) in [5.74, 6) is 0.0422. The van der Waals surface area contributed by atoms with Crippen molar-refractivity contribution in [2.24, 2.45) is 0 Å². The molecule has 0 unspecified atom stereocenters. The van der Waals surface area contributed by atoms with E-state index in [9.17, 15) is 9.59 Å². The van der Waals surface area contributed by atoms with Gasteiger partial charge in [0.1, 0.15) is 0 Å². The normalized spacial score (nSPS) is 10.4. The number of rotatable bonds is 1. The standard InChI is InChI=1S/C9H5BrN2O2/c10-5-1-2-6-7(3-5)11-8(4-13)12-9(6)14/h1-4H,(H,11,12,14). The van der Waals surface area contributed by atoms with Crippen LogP contribution in [0.1, 0.15) is 10.6 Å². The van der Waals surface area contributed by atoms with Gasteiger partial charge in [-0.2, -0.15) is 0 Å². The zero-order valence-electron chi connectivity index (χ0n) is 6.95. The summed E-state index contributed by atoms with van der Waals surface area (Å²) in [5.41, 5.74) is 0.204. The Hall–Kier alpha value is -1.49. The highest BCUT2D eigenvalue weighted by molar-refractivity contribution is 9.10. The van der Waals surface area contributed by atoms with E-state index in [1.54, 1.807) is 18.2 Å². The van der Waals surface area contributed by atoms with E-state index in [0.717, 1.165) is 4.47 Å². The molecule has 2 rings (SSSR count). The van der Waals surface area contributed by atoms with Gasteiger partial charge in [-0.15, -0.1) is 0 Å². The number of aromatic nitrogens is 2. The van der Waals surface area contributed by atoms with Gasteiger partial charge in [-0.25, -0.2) is 4.98 Å². The lowest BCUT2D eigenvalue weighted by Crippen LogP contribution is -2.11. The molecular formula is C9H5BrN2O2. The maximum absolute atomic E-state index is 11.4. The largest absolute Gasteiger partial charge is 0.304 e. The van der Waals surface area contributed by atoms with E-state index in [1.165, 1.54) is 0 Å². The topological polar surface area (TPSA) is 62.8 Å². The molecule has 14 heavy (non-hydrogen) atoms. The van der Waals surface area contributed by atoms with Crippen LogP contribution >= 0.6 is 15.9 Å². The van der Waals surface area contributed by atoms with Crippen LogP contribution in [-0.4, -0.2) is 16.3 Å². The molecule has 0 bridgehead atoms. The van der Waals surface area contributed by atoms with Gasteiger partial charge in [-0.3, -0.25) is 9.59 Å². The molecule has 70 valence electrons. The molecule has 0 radical (unpaired) electrons. The Bertz CT molecular complexity index is 562. The third kappa shape index (κ3) is 1.46. The van der Waals surface area contributed by atoms with Crippen molar-refractivity contribution in [2.45, 2.75) is 0 Å². The zero-order valence-corrected chi connectivity index (χ0v) is 8.54. The third-order valence-electron chi connectivity index (χ3n) is 1.80. The molecule has 5 heteroatoms. The van der Waals surface area contributed by atoms with Crippen molar-refractivity contribution in [3.05, 3.63) is 38.9 Å². The molecule has 1 N–H and O–H groups in total. The van der Waals surface area contributed by atoms with Gasteiger partial charge >= 0.3 is 0 Å². The maximum Gasteiger partial charge on any atom is 0.259 e. The fraction of sp³-hybridized carbons (Fsp3) is 0. The second-order valence-corrected chi connectivity index (χ2v) is 3.65.